The van der Waals surface area contributed by atoms with Gasteiger partial charge < -0.3 is 5.73 Å². The average molecular weight is 287 g/mol. The quantitative estimate of drug-likeness (QED) is 0.863. The van der Waals surface area contributed by atoms with Gasteiger partial charge in [0.05, 0.1) is 0 Å². The number of likely N-dealkylation sites (tertiary alicyclic amines) is 1. The molecule has 4 heteroatoms. The summed E-state index contributed by atoms with van der Waals surface area (Å²) in [6, 6.07) is 8.93. The second kappa shape index (κ2) is 8.05. The smallest absolute Gasteiger partial charge is 0.0233 e. The molecule has 1 saturated heterocycles. The first-order valence-electron chi connectivity index (χ1n) is 6.37. The predicted octanol–water partition coefficient (Wildman–Crippen LogP) is 3.00. The molecule has 2 N–H and O–H groups in total. The summed E-state index contributed by atoms with van der Waals surface area (Å²) in [6.45, 7) is 4.35. The maximum absolute atomic E-state index is 5.71. The first kappa shape index (κ1) is 15.8. The molecule has 2 rings (SSSR count). The molecule has 0 saturated carbocycles. The number of benzene rings is 1. The summed E-state index contributed by atoms with van der Waals surface area (Å²) >= 11 is 1.80. The Bertz CT molecular complexity index is 334. The molecule has 1 aliphatic rings. The summed E-state index contributed by atoms with van der Waals surface area (Å²) in [7, 11) is 0. The van der Waals surface area contributed by atoms with E-state index in [-0.39, 0.29) is 12.4 Å². The maximum Gasteiger partial charge on any atom is 0.0233 e. The van der Waals surface area contributed by atoms with E-state index in [1.165, 1.54) is 36.4 Å². The molecule has 1 aliphatic heterocycles. The highest BCUT2D eigenvalue weighted by Crippen LogP contribution is 2.19. The van der Waals surface area contributed by atoms with Gasteiger partial charge in [0.1, 0.15) is 0 Å². The number of nitrogens with zero attached hydrogens (tertiary/aromatic N) is 1. The molecular weight excluding hydrogens is 264 g/mol. The van der Waals surface area contributed by atoms with E-state index in [2.05, 4.69) is 35.4 Å². The van der Waals surface area contributed by atoms with E-state index in [9.17, 15) is 0 Å². The Morgan fingerprint density at radius 2 is 1.83 bits per heavy atom. The van der Waals surface area contributed by atoms with Gasteiger partial charge in [0.25, 0.3) is 0 Å². The summed E-state index contributed by atoms with van der Waals surface area (Å²) < 4.78 is 0. The van der Waals surface area contributed by atoms with Crippen LogP contribution >= 0.6 is 24.2 Å². The van der Waals surface area contributed by atoms with Crippen LogP contribution in [-0.4, -0.2) is 30.8 Å². The van der Waals surface area contributed by atoms with Crippen molar-refractivity contribution in [1.29, 1.82) is 0 Å². The standard InChI is InChI=1S/C14H22N2S.ClH/c1-17-14-4-2-13(3-5-14)11-16-8-6-12(10-15)7-9-16;/h2-5,12H,6-11,15H2,1H3;1H. The van der Waals surface area contributed by atoms with Crippen molar-refractivity contribution in [1.82, 2.24) is 4.90 Å². The molecule has 1 heterocycles. The van der Waals surface area contributed by atoms with Gasteiger partial charge in [-0.3, -0.25) is 4.90 Å². The molecule has 0 amide bonds. The molecule has 18 heavy (non-hydrogen) atoms. The van der Waals surface area contributed by atoms with Crippen LogP contribution in [0.3, 0.4) is 0 Å². The number of nitrogens with two attached hydrogens (primary N) is 1. The molecule has 1 fully saturated rings. The molecule has 1 aromatic carbocycles. The monoisotopic (exact) mass is 286 g/mol. The summed E-state index contributed by atoms with van der Waals surface area (Å²) in [4.78, 5) is 3.89. The van der Waals surface area contributed by atoms with E-state index in [1.54, 1.807) is 11.8 Å². The van der Waals surface area contributed by atoms with E-state index < -0.39 is 0 Å². The third kappa shape index (κ3) is 4.47. The van der Waals surface area contributed by atoms with Crippen molar-refractivity contribution in [3.8, 4) is 0 Å². The molecule has 102 valence electrons. The highest BCUT2D eigenvalue weighted by atomic mass is 35.5. The fraction of sp³-hybridized carbons (Fsp3) is 0.571. The zero-order valence-electron chi connectivity index (χ0n) is 11.0. The van der Waals surface area contributed by atoms with Gasteiger partial charge in [0, 0.05) is 11.4 Å². The molecule has 0 spiro atoms. The second-order valence-corrected chi connectivity index (χ2v) is 5.68. The van der Waals surface area contributed by atoms with Gasteiger partial charge in [0.2, 0.25) is 0 Å². The molecule has 2 nitrogen and oxygen atoms in total. The Morgan fingerprint density at radius 3 is 2.33 bits per heavy atom. The lowest BCUT2D eigenvalue weighted by atomic mass is 9.97. The number of thioether (sulfide) groups is 1. The zero-order chi connectivity index (χ0) is 12.1. The zero-order valence-corrected chi connectivity index (χ0v) is 12.6. The summed E-state index contributed by atoms with van der Waals surface area (Å²) in [5.41, 5.74) is 7.14. The van der Waals surface area contributed by atoms with Crippen molar-refractivity contribution >= 4 is 24.2 Å². The summed E-state index contributed by atoms with van der Waals surface area (Å²) in [5, 5.41) is 0. The Morgan fingerprint density at radius 1 is 1.22 bits per heavy atom. The second-order valence-electron chi connectivity index (χ2n) is 4.80. The van der Waals surface area contributed by atoms with Gasteiger partial charge in [0.15, 0.2) is 0 Å². The number of hydrogen-bond acceptors (Lipinski definition) is 3. The van der Waals surface area contributed by atoms with Crippen LogP contribution in [0.5, 0.6) is 0 Å². The maximum atomic E-state index is 5.71. The topological polar surface area (TPSA) is 29.3 Å². The molecule has 0 atom stereocenters. The van der Waals surface area contributed by atoms with Crippen molar-refractivity contribution in [2.24, 2.45) is 11.7 Å². The minimum absolute atomic E-state index is 0. The normalized spacial score (nSPS) is 17.4. The highest BCUT2D eigenvalue weighted by Gasteiger charge is 2.17. The van der Waals surface area contributed by atoms with Gasteiger partial charge in [-0.2, -0.15) is 0 Å². The fourth-order valence-electron chi connectivity index (χ4n) is 2.37. The SMILES string of the molecule is CSc1ccc(CN2CCC(CN)CC2)cc1.Cl. The minimum Gasteiger partial charge on any atom is -0.330 e. The Labute approximate surface area is 121 Å². The average Bonchev–Trinajstić information content (AvgIpc) is 2.40. The predicted molar refractivity (Wildman–Crippen MR) is 82.5 cm³/mol. The molecule has 0 radical (unpaired) electrons. The third-order valence-electron chi connectivity index (χ3n) is 3.61. The molecule has 0 bridgehead atoms. The number of hydrogen-bond donors (Lipinski definition) is 1. The van der Waals surface area contributed by atoms with Gasteiger partial charge >= 0.3 is 0 Å². The number of halogens is 1. The Hall–Kier alpha value is -0.220. The van der Waals surface area contributed by atoms with Crippen LogP contribution in [0.25, 0.3) is 0 Å². The fourth-order valence-corrected chi connectivity index (χ4v) is 2.78. The Balaban J connectivity index is 0.00000162. The van der Waals surface area contributed by atoms with Crippen LogP contribution in [0.1, 0.15) is 18.4 Å². The van der Waals surface area contributed by atoms with Gasteiger partial charge in [-0.1, -0.05) is 12.1 Å². The molecular formula is C14H23ClN2S. The molecule has 1 aromatic rings. The van der Waals surface area contributed by atoms with Crippen LogP contribution in [0.4, 0.5) is 0 Å². The first-order chi connectivity index (χ1) is 8.31. The minimum atomic E-state index is 0. The molecule has 0 unspecified atom stereocenters. The molecule has 0 aliphatic carbocycles. The largest absolute Gasteiger partial charge is 0.330 e. The van der Waals surface area contributed by atoms with Crippen molar-refractivity contribution in [3.63, 3.8) is 0 Å². The van der Waals surface area contributed by atoms with Crippen molar-refractivity contribution in [3.05, 3.63) is 29.8 Å². The molecule has 0 aromatic heterocycles. The number of rotatable bonds is 4. The first-order valence-corrected chi connectivity index (χ1v) is 7.59. The third-order valence-corrected chi connectivity index (χ3v) is 4.35. The summed E-state index contributed by atoms with van der Waals surface area (Å²) in [5.74, 6) is 0.755. The van der Waals surface area contributed by atoms with Crippen LogP contribution in [-0.2, 0) is 6.54 Å². The lowest BCUT2D eigenvalue weighted by Gasteiger charge is -2.31. The van der Waals surface area contributed by atoms with Crippen molar-refractivity contribution in [2.75, 3.05) is 25.9 Å². The van der Waals surface area contributed by atoms with E-state index >= 15 is 0 Å². The van der Waals surface area contributed by atoms with Crippen LogP contribution in [0, 0.1) is 5.92 Å². The lowest BCUT2D eigenvalue weighted by Crippen LogP contribution is -2.35. The number of piperidine rings is 1. The lowest BCUT2D eigenvalue weighted by molar-refractivity contribution is 0.180. The van der Waals surface area contributed by atoms with Crippen LogP contribution in [0.15, 0.2) is 29.2 Å². The van der Waals surface area contributed by atoms with Gasteiger partial charge in [-0.05, 0) is 62.3 Å². The van der Waals surface area contributed by atoms with Crippen LogP contribution in [0.2, 0.25) is 0 Å². The summed E-state index contributed by atoms with van der Waals surface area (Å²) in [6.07, 6.45) is 4.64. The van der Waals surface area contributed by atoms with E-state index in [0.29, 0.717) is 0 Å². The van der Waals surface area contributed by atoms with E-state index in [0.717, 1.165) is 19.0 Å². The van der Waals surface area contributed by atoms with Crippen LogP contribution < -0.4 is 5.73 Å². The van der Waals surface area contributed by atoms with E-state index in [1.807, 2.05) is 0 Å². The van der Waals surface area contributed by atoms with Crippen molar-refractivity contribution in [2.45, 2.75) is 24.3 Å². The van der Waals surface area contributed by atoms with Gasteiger partial charge in [-0.25, -0.2) is 0 Å². The van der Waals surface area contributed by atoms with E-state index in [4.69, 9.17) is 5.73 Å². The highest BCUT2D eigenvalue weighted by molar-refractivity contribution is 7.98. The Kier molecular flexibility index (Phi) is 7.08. The van der Waals surface area contributed by atoms with Gasteiger partial charge in [-0.15, -0.1) is 24.2 Å². The van der Waals surface area contributed by atoms with Crippen molar-refractivity contribution < 1.29 is 0 Å².